The Morgan fingerprint density at radius 3 is 2.72 bits per heavy atom. The Labute approximate surface area is 109 Å². The summed E-state index contributed by atoms with van der Waals surface area (Å²) in [7, 11) is 1.63. The molecular formula is C14H24N2O2. The minimum atomic E-state index is 0.593. The quantitative estimate of drug-likeness (QED) is 0.552. The van der Waals surface area contributed by atoms with Crippen molar-refractivity contribution in [3.05, 3.63) is 18.2 Å². The maximum atomic E-state index is 5.90. The zero-order valence-corrected chi connectivity index (χ0v) is 11.5. The van der Waals surface area contributed by atoms with Crippen molar-refractivity contribution in [2.24, 2.45) is 5.92 Å². The van der Waals surface area contributed by atoms with Gasteiger partial charge in [0.2, 0.25) is 0 Å². The number of nitrogens with two attached hydrogens (primary N) is 1. The molecule has 3 N–H and O–H groups in total. The van der Waals surface area contributed by atoms with Crippen molar-refractivity contribution in [3.63, 3.8) is 0 Å². The molecular weight excluding hydrogens is 228 g/mol. The van der Waals surface area contributed by atoms with E-state index in [0.29, 0.717) is 11.6 Å². The first-order chi connectivity index (χ1) is 8.63. The highest BCUT2D eigenvalue weighted by Crippen LogP contribution is 2.23. The Kier molecular flexibility index (Phi) is 6.36. The fourth-order valence-corrected chi connectivity index (χ4v) is 1.55. The van der Waals surface area contributed by atoms with Crippen molar-refractivity contribution in [3.8, 4) is 5.75 Å². The van der Waals surface area contributed by atoms with Gasteiger partial charge in [0, 0.05) is 25.8 Å². The summed E-state index contributed by atoms with van der Waals surface area (Å²) in [5.41, 5.74) is 7.55. The van der Waals surface area contributed by atoms with Crippen LogP contribution in [0, 0.1) is 5.92 Å². The summed E-state index contributed by atoms with van der Waals surface area (Å²) in [6, 6.07) is 5.65. The van der Waals surface area contributed by atoms with Crippen LogP contribution in [-0.4, -0.2) is 26.9 Å². The monoisotopic (exact) mass is 252 g/mol. The van der Waals surface area contributed by atoms with Crippen LogP contribution in [0.2, 0.25) is 0 Å². The molecule has 18 heavy (non-hydrogen) atoms. The first kappa shape index (κ1) is 14.6. The molecule has 0 atom stereocenters. The van der Waals surface area contributed by atoms with Crippen LogP contribution in [0.3, 0.4) is 0 Å². The topological polar surface area (TPSA) is 56.5 Å². The highest BCUT2D eigenvalue weighted by Gasteiger charge is 2.00. The minimum absolute atomic E-state index is 0.593. The lowest BCUT2D eigenvalue weighted by Gasteiger charge is -2.11. The smallest absolute Gasteiger partial charge is 0.121 e. The summed E-state index contributed by atoms with van der Waals surface area (Å²) < 4.78 is 10.6. The molecule has 0 saturated carbocycles. The molecule has 102 valence electrons. The van der Waals surface area contributed by atoms with E-state index in [-0.39, 0.29) is 0 Å². The first-order valence-electron chi connectivity index (χ1n) is 6.38. The van der Waals surface area contributed by atoms with Crippen LogP contribution in [0.15, 0.2) is 18.2 Å². The molecule has 4 heteroatoms. The van der Waals surface area contributed by atoms with Gasteiger partial charge in [0.25, 0.3) is 0 Å². The predicted octanol–water partition coefficient (Wildman–Crippen LogP) is 2.75. The van der Waals surface area contributed by atoms with Crippen LogP contribution in [-0.2, 0) is 4.74 Å². The predicted molar refractivity (Wildman–Crippen MR) is 76.2 cm³/mol. The number of hydrogen-bond acceptors (Lipinski definition) is 4. The fourth-order valence-electron chi connectivity index (χ4n) is 1.55. The average Bonchev–Trinajstić information content (AvgIpc) is 2.34. The normalized spacial score (nSPS) is 10.7. The van der Waals surface area contributed by atoms with Crippen molar-refractivity contribution < 1.29 is 9.47 Å². The van der Waals surface area contributed by atoms with E-state index in [4.69, 9.17) is 15.2 Å². The van der Waals surface area contributed by atoms with E-state index < -0.39 is 0 Å². The molecule has 0 fully saturated rings. The molecule has 1 rings (SSSR count). The van der Waals surface area contributed by atoms with Gasteiger partial charge in [0.05, 0.1) is 18.5 Å². The number of hydrogen-bond donors (Lipinski definition) is 2. The van der Waals surface area contributed by atoms with Gasteiger partial charge in [-0.15, -0.1) is 0 Å². The van der Waals surface area contributed by atoms with Gasteiger partial charge in [-0.3, -0.25) is 0 Å². The number of nitrogens with one attached hydrogen (secondary N) is 1. The summed E-state index contributed by atoms with van der Waals surface area (Å²) >= 11 is 0. The third-order valence-corrected chi connectivity index (χ3v) is 2.49. The standard InChI is InChI=1S/C14H24N2O2/c1-11(2)10-18-8-4-7-16-14-6-5-12(17-3)9-13(14)15/h5-6,9,11,16H,4,7-8,10,15H2,1-3H3. The summed E-state index contributed by atoms with van der Waals surface area (Å²) in [6.07, 6.45) is 0.970. The zero-order chi connectivity index (χ0) is 13.4. The van der Waals surface area contributed by atoms with Gasteiger partial charge >= 0.3 is 0 Å². The second kappa shape index (κ2) is 7.82. The molecule has 0 unspecified atom stereocenters. The lowest BCUT2D eigenvalue weighted by molar-refractivity contribution is 0.110. The van der Waals surface area contributed by atoms with E-state index in [1.165, 1.54) is 0 Å². The van der Waals surface area contributed by atoms with Gasteiger partial charge in [-0.25, -0.2) is 0 Å². The Morgan fingerprint density at radius 1 is 1.33 bits per heavy atom. The molecule has 0 amide bonds. The molecule has 1 aromatic carbocycles. The van der Waals surface area contributed by atoms with E-state index in [1.807, 2.05) is 18.2 Å². The summed E-state index contributed by atoms with van der Waals surface area (Å²) in [6.45, 7) is 6.76. The van der Waals surface area contributed by atoms with Crippen LogP contribution < -0.4 is 15.8 Å². The Morgan fingerprint density at radius 2 is 2.11 bits per heavy atom. The van der Waals surface area contributed by atoms with Gasteiger partial charge in [-0.05, 0) is 24.5 Å². The van der Waals surface area contributed by atoms with Gasteiger partial charge in [0.15, 0.2) is 0 Å². The summed E-state index contributed by atoms with van der Waals surface area (Å²) in [5.74, 6) is 1.37. The zero-order valence-electron chi connectivity index (χ0n) is 11.5. The van der Waals surface area contributed by atoms with E-state index >= 15 is 0 Å². The highest BCUT2D eigenvalue weighted by atomic mass is 16.5. The summed E-state index contributed by atoms with van der Waals surface area (Å²) in [4.78, 5) is 0. The molecule has 0 aromatic heterocycles. The Hall–Kier alpha value is -1.42. The third-order valence-electron chi connectivity index (χ3n) is 2.49. The Bertz CT molecular complexity index is 354. The molecule has 0 heterocycles. The largest absolute Gasteiger partial charge is 0.497 e. The van der Waals surface area contributed by atoms with E-state index in [9.17, 15) is 0 Å². The average molecular weight is 252 g/mol. The van der Waals surface area contributed by atoms with E-state index in [1.54, 1.807) is 7.11 Å². The van der Waals surface area contributed by atoms with Crippen molar-refractivity contribution >= 4 is 11.4 Å². The number of nitrogen functional groups attached to an aromatic ring is 1. The molecule has 0 saturated heterocycles. The molecule has 0 aliphatic rings. The molecule has 0 aliphatic heterocycles. The van der Waals surface area contributed by atoms with Crippen molar-refractivity contribution in [2.45, 2.75) is 20.3 Å². The molecule has 0 spiro atoms. The van der Waals surface area contributed by atoms with E-state index in [0.717, 1.165) is 37.6 Å². The first-order valence-corrected chi connectivity index (χ1v) is 6.38. The lowest BCUT2D eigenvalue weighted by Crippen LogP contribution is -2.09. The third kappa shape index (κ3) is 5.27. The van der Waals surface area contributed by atoms with Gasteiger partial charge < -0.3 is 20.5 Å². The maximum Gasteiger partial charge on any atom is 0.121 e. The molecule has 4 nitrogen and oxygen atoms in total. The maximum absolute atomic E-state index is 5.90. The van der Waals surface area contributed by atoms with Gasteiger partial charge in [-0.1, -0.05) is 13.8 Å². The number of anilines is 2. The molecule has 0 bridgehead atoms. The van der Waals surface area contributed by atoms with Crippen LogP contribution in [0.4, 0.5) is 11.4 Å². The minimum Gasteiger partial charge on any atom is -0.497 e. The fraction of sp³-hybridized carbons (Fsp3) is 0.571. The molecule has 1 aromatic rings. The van der Waals surface area contributed by atoms with Crippen LogP contribution in [0.5, 0.6) is 5.75 Å². The van der Waals surface area contributed by atoms with Crippen molar-refractivity contribution in [1.82, 2.24) is 0 Å². The van der Waals surface area contributed by atoms with Gasteiger partial charge in [-0.2, -0.15) is 0 Å². The second-order valence-corrected chi connectivity index (χ2v) is 4.70. The highest BCUT2D eigenvalue weighted by molar-refractivity contribution is 5.68. The lowest BCUT2D eigenvalue weighted by atomic mass is 10.2. The molecule has 0 aliphatic carbocycles. The van der Waals surface area contributed by atoms with E-state index in [2.05, 4.69) is 19.2 Å². The second-order valence-electron chi connectivity index (χ2n) is 4.70. The number of methoxy groups -OCH3 is 1. The van der Waals surface area contributed by atoms with Crippen molar-refractivity contribution in [2.75, 3.05) is 37.9 Å². The SMILES string of the molecule is COc1ccc(NCCCOCC(C)C)c(N)c1. The molecule has 0 radical (unpaired) electrons. The van der Waals surface area contributed by atoms with Crippen molar-refractivity contribution in [1.29, 1.82) is 0 Å². The number of ether oxygens (including phenoxy) is 2. The van der Waals surface area contributed by atoms with Crippen LogP contribution >= 0.6 is 0 Å². The summed E-state index contributed by atoms with van der Waals surface area (Å²) in [5, 5.41) is 3.29. The Balaban J connectivity index is 2.23. The van der Waals surface area contributed by atoms with Crippen LogP contribution in [0.25, 0.3) is 0 Å². The number of rotatable bonds is 8. The van der Waals surface area contributed by atoms with Gasteiger partial charge in [0.1, 0.15) is 5.75 Å². The number of benzene rings is 1. The van der Waals surface area contributed by atoms with Crippen LogP contribution in [0.1, 0.15) is 20.3 Å².